The van der Waals surface area contributed by atoms with Gasteiger partial charge in [-0.2, -0.15) is 0 Å². The largest absolute Gasteiger partial charge is 0.507 e. The highest BCUT2D eigenvalue weighted by molar-refractivity contribution is 6.46. The maximum atomic E-state index is 13.2. The summed E-state index contributed by atoms with van der Waals surface area (Å²) in [7, 11) is 3.89. The standard InChI is InChI=1S/C29H38N2O5/c1-18(2)17-36-24-13-10-22(16-20(24)5)27(32)25-26(21-8-11-23(12-9-21)30(6)7)31(29(34)28(25)33)14-15-35-19(3)4/h8-13,16,18-19,26,32H,14-15,17H2,1-7H3/b27-25-. The third-order valence-corrected chi connectivity index (χ3v) is 6.07. The summed E-state index contributed by atoms with van der Waals surface area (Å²) in [5.74, 6) is -0.425. The van der Waals surface area contributed by atoms with Crippen molar-refractivity contribution in [3.8, 4) is 5.75 Å². The first-order chi connectivity index (χ1) is 17.0. The molecule has 0 radical (unpaired) electrons. The summed E-state index contributed by atoms with van der Waals surface area (Å²) < 4.78 is 11.5. The number of amides is 1. The number of nitrogens with zero attached hydrogens (tertiary/aromatic N) is 2. The van der Waals surface area contributed by atoms with E-state index in [1.54, 1.807) is 18.2 Å². The Balaban J connectivity index is 2.05. The molecule has 0 saturated carbocycles. The molecule has 0 spiro atoms. The molecule has 1 unspecified atom stereocenters. The number of hydrogen-bond acceptors (Lipinski definition) is 6. The van der Waals surface area contributed by atoms with Crippen molar-refractivity contribution in [2.45, 2.75) is 46.8 Å². The lowest BCUT2D eigenvalue weighted by atomic mass is 9.94. The number of Topliss-reactive ketones (excluding diaryl/α,β-unsaturated/α-hetero) is 1. The molecule has 1 amide bonds. The number of ether oxygens (including phenoxy) is 2. The van der Waals surface area contributed by atoms with Gasteiger partial charge in [-0.3, -0.25) is 9.59 Å². The fourth-order valence-electron chi connectivity index (χ4n) is 4.17. The van der Waals surface area contributed by atoms with E-state index in [4.69, 9.17) is 9.47 Å². The third-order valence-electron chi connectivity index (χ3n) is 6.07. The molecule has 1 aliphatic rings. The van der Waals surface area contributed by atoms with Crippen molar-refractivity contribution in [1.29, 1.82) is 0 Å². The maximum absolute atomic E-state index is 13.2. The van der Waals surface area contributed by atoms with Crippen LogP contribution in [0.15, 0.2) is 48.0 Å². The quantitative estimate of drug-likeness (QED) is 0.286. The van der Waals surface area contributed by atoms with Crippen LogP contribution < -0.4 is 9.64 Å². The lowest BCUT2D eigenvalue weighted by Crippen LogP contribution is -2.33. The van der Waals surface area contributed by atoms with Crippen molar-refractivity contribution in [3.05, 3.63) is 64.7 Å². The first-order valence-corrected chi connectivity index (χ1v) is 12.4. The summed E-state index contributed by atoms with van der Waals surface area (Å²) in [6.45, 7) is 11.0. The van der Waals surface area contributed by atoms with E-state index < -0.39 is 17.7 Å². The van der Waals surface area contributed by atoms with Crippen LogP contribution in [0.1, 0.15) is 50.4 Å². The predicted octanol–water partition coefficient (Wildman–Crippen LogP) is 4.94. The summed E-state index contributed by atoms with van der Waals surface area (Å²) in [4.78, 5) is 29.8. The van der Waals surface area contributed by atoms with E-state index in [1.807, 2.05) is 64.0 Å². The van der Waals surface area contributed by atoms with Crippen LogP contribution in [0.25, 0.3) is 5.76 Å². The minimum atomic E-state index is -0.714. The summed E-state index contributed by atoms with van der Waals surface area (Å²) in [5, 5.41) is 11.3. The van der Waals surface area contributed by atoms with Gasteiger partial charge in [0.15, 0.2) is 0 Å². The Hall–Kier alpha value is -3.32. The molecule has 7 heteroatoms. The van der Waals surface area contributed by atoms with Gasteiger partial charge in [0.05, 0.1) is 30.9 Å². The Morgan fingerprint density at radius 2 is 1.72 bits per heavy atom. The zero-order valence-electron chi connectivity index (χ0n) is 22.4. The Morgan fingerprint density at radius 1 is 1.06 bits per heavy atom. The van der Waals surface area contributed by atoms with Gasteiger partial charge in [-0.25, -0.2) is 0 Å². The molecule has 1 N–H and O–H groups in total. The molecule has 2 aromatic rings. The summed E-state index contributed by atoms with van der Waals surface area (Å²) >= 11 is 0. The molecule has 2 aromatic carbocycles. The van der Waals surface area contributed by atoms with Gasteiger partial charge in [-0.05, 0) is 68.1 Å². The van der Waals surface area contributed by atoms with Gasteiger partial charge in [-0.1, -0.05) is 26.0 Å². The Kier molecular flexibility index (Phi) is 8.79. The lowest BCUT2D eigenvalue weighted by molar-refractivity contribution is -0.140. The highest BCUT2D eigenvalue weighted by Crippen LogP contribution is 2.40. The Morgan fingerprint density at radius 3 is 2.28 bits per heavy atom. The van der Waals surface area contributed by atoms with Crippen molar-refractivity contribution < 1.29 is 24.2 Å². The molecule has 0 aliphatic carbocycles. The number of likely N-dealkylation sites (tertiary alicyclic amines) is 1. The van der Waals surface area contributed by atoms with Gasteiger partial charge in [-0.15, -0.1) is 0 Å². The fourth-order valence-corrected chi connectivity index (χ4v) is 4.17. The number of aliphatic hydroxyl groups excluding tert-OH is 1. The van der Waals surface area contributed by atoms with E-state index in [1.165, 1.54) is 4.90 Å². The zero-order valence-corrected chi connectivity index (χ0v) is 22.4. The van der Waals surface area contributed by atoms with Crippen LogP contribution in [0.5, 0.6) is 5.75 Å². The molecule has 1 fully saturated rings. The number of rotatable bonds is 10. The highest BCUT2D eigenvalue weighted by atomic mass is 16.5. The van der Waals surface area contributed by atoms with Crippen molar-refractivity contribution >= 4 is 23.1 Å². The van der Waals surface area contributed by atoms with Crippen molar-refractivity contribution in [3.63, 3.8) is 0 Å². The molecule has 7 nitrogen and oxygen atoms in total. The van der Waals surface area contributed by atoms with E-state index in [9.17, 15) is 14.7 Å². The van der Waals surface area contributed by atoms with Crippen LogP contribution in [-0.2, 0) is 14.3 Å². The monoisotopic (exact) mass is 494 g/mol. The molecule has 36 heavy (non-hydrogen) atoms. The summed E-state index contributed by atoms with van der Waals surface area (Å²) in [6.07, 6.45) is -0.000878. The third kappa shape index (κ3) is 6.08. The number of ketones is 1. The molecule has 0 bridgehead atoms. The van der Waals surface area contributed by atoms with E-state index in [-0.39, 0.29) is 30.6 Å². The lowest BCUT2D eigenvalue weighted by Gasteiger charge is -2.26. The first-order valence-electron chi connectivity index (χ1n) is 12.4. The second-order valence-electron chi connectivity index (χ2n) is 10.1. The molecule has 3 rings (SSSR count). The SMILES string of the molecule is Cc1cc(/C(O)=C2/C(=O)C(=O)N(CCOC(C)C)C2c2ccc(N(C)C)cc2)ccc1OCC(C)C. The number of aryl methyl sites for hydroxylation is 1. The number of anilines is 1. The number of carbonyl (C=O) groups is 2. The summed E-state index contributed by atoms with van der Waals surface area (Å²) in [5.41, 5.74) is 3.13. The molecule has 194 valence electrons. The highest BCUT2D eigenvalue weighted by Gasteiger charge is 2.46. The van der Waals surface area contributed by atoms with Crippen molar-refractivity contribution in [2.24, 2.45) is 5.92 Å². The number of hydrogen-bond donors (Lipinski definition) is 1. The molecule has 1 aliphatic heterocycles. The Bertz CT molecular complexity index is 1120. The summed E-state index contributed by atoms with van der Waals surface area (Å²) in [6, 6.07) is 12.2. The molecular weight excluding hydrogens is 456 g/mol. The van der Waals surface area contributed by atoms with Gasteiger partial charge in [0, 0.05) is 31.9 Å². The average molecular weight is 495 g/mol. The predicted molar refractivity (Wildman–Crippen MR) is 142 cm³/mol. The van der Waals surface area contributed by atoms with Crippen LogP contribution in [0.3, 0.4) is 0 Å². The molecule has 1 heterocycles. The first kappa shape index (κ1) is 27.3. The van der Waals surface area contributed by atoms with E-state index in [2.05, 4.69) is 13.8 Å². The van der Waals surface area contributed by atoms with E-state index in [0.717, 1.165) is 22.6 Å². The minimum Gasteiger partial charge on any atom is -0.507 e. The van der Waals surface area contributed by atoms with E-state index in [0.29, 0.717) is 18.1 Å². The molecular formula is C29H38N2O5. The van der Waals surface area contributed by atoms with Crippen molar-refractivity contribution in [2.75, 3.05) is 38.8 Å². The Labute approximate surface area is 214 Å². The van der Waals surface area contributed by atoms with Crippen LogP contribution in [0.4, 0.5) is 5.69 Å². The minimum absolute atomic E-state index is 0.000878. The van der Waals surface area contributed by atoms with Gasteiger partial charge in [0.1, 0.15) is 11.5 Å². The van der Waals surface area contributed by atoms with Crippen LogP contribution >= 0.6 is 0 Å². The van der Waals surface area contributed by atoms with Crippen LogP contribution in [-0.4, -0.2) is 61.7 Å². The van der Waals surface area contributed by atoms with Gasteiger partial charge >= 0.3 is 0 Å². The molecule has 1 saturated heterocycles. The maximum Gasteiger partial charge on any atom is 0.295 e. The number of aliphatic hydroxyl groups is 1. The normalized spacial score (nSPS) is 17.4. The second-order valence-corrected chi connectivity index (χ2v) is 10.1. The van der Waals surface area contributed by atoms with E-state index >= 15 is 0 Å². The van der Waals surface area contributed by atoms with Gasteiger partial charge < -0.3 is 24.4 Å². The average Bonchev–Trinajstić information content (AvgIpc) is 3.07. The second kappa shape index (κ2) is 11.6. The number of benzene rings is 2. The number of carbonyl (C=O) groups excluding carboxylic acids is 2. The van der Waals surface area contributed by atoms with Crippen LogP contribution in [0, 0.1) is 12.8 Å². The van der Waals surface area contributed by atoms with Crippen molar-refractivity contribution in [1.82, 2.24) is 4.90 Å². The molecule has 1 atom stereocenters. The fraction of sp³-hybridized carbons (Fsp3) is 0.448. The zero-order chi connectivity index (χ0) is 26.6. The smallest absolute Gasteiger partial charge is 0.295 e. The topological polar surface area (TPSA) is 79.3 Å². The van der Waals surface area contributed by atoms with Gasteiger partial charge in [0.25, 0.3) is 11.7 Å². The van der Waals surface area contributed by atoms with Gasteiger partial charge in [0.2, 0.25) is 0 Å². The van der Waals surface area contributed by atoms with Crippen LogP contribution in [0.2, 0.25) is 0 Å². The molecule has 0 aromatic heterocycles.